The number of allylic oxidation sites excluding steroid dienone is 1. The summed E-state index contributed by atoms with van der Waals surface area (Å²) in [4.78, 5) is 14.8. The van der Waals surface area contributed by atoms with E-state index in [1.165, 1.54) is 21.4 Å². The molecule has 0 spiro atoms. The van der Waals surface area contributed by atoms with Crippen molar-refractivity contribution in [2.24, 2.45) is 0 Å². The Labute approximate surface area is 117 Å². The number of carbonyl (C=O) groups is 1. The second-order valence-electron chi connectivity index (χ2n) is 4.57. The van der Waals surface area contributed by atoms with Crippen molar-refractivity contribution in [3.8, 4) is 0 Å². The Balaban J connectivity index is 2.23. The monoisotopic (exact) mass is 269 g/mol. The summed E-state index contributed by atoms with van der Waals surface area (Å²) in [5.74, 6) is 0.0954. The Bertz CT molecular complexity index is 690. The average molecular weight is 269 g/mol. The van der Waals surface area contributed by atoms with Gasteiger partial charge in [0.2, 0.25) is 0 Å². The highest BCUT2D eigenvalue weighted by Gasteiger charge is 2.26. The maximum Gasteiger partial charge on any atom is 0.155 e. The van der Waals surface area contributed by atoms with Gasteiger partial charge < -0.3 is 4.90 Å². The third kappa shape index (κ3) is 2.04. The summed E-state index contributed by atoms with van der Waals surface area (Å²) in [5.41, 5.74) is 1.23. The quantitative estimate of drug-likeness (QED) is 0.762. The maximum atomic E-state index is 11.4. The molecule has 0 saturated heterocycles. The van der Waals surface area contributed by atoms with E-state index in [1.807, 2.05) is 0 Å². The first-order chi connectivity index (χ1) is 9.20. The standard InChI is InChI=1S/C16H15NOS/c1-3-17-15(10-11(2)18)19-14-9-8-12-6-4-5-7-13(12)16(14)17/h4-10H,3H2,1-2H3/b15-10-. The van der Waals surface area contributed by atoms with Crippen LogP contribution in [0.1, 0.15) is 13.8 Å². The van der Waals surface area contributed by atoms with Crippen molar-refractivity contribution in [3.63, 3.8) is 0 Å². The molecule has 0 N–H and O–H groups in total. The van der Waals surface area contributed by atoms with Crippen LogP contribution in [0, 0.1) is 0 Å². The van der Waals surface area contributed by atoms with Gasteiger partial charge in [0, 0.05) is 22.9 Å². The topological polar surface area (TPSA) is 20.3 Å². The van der Waals surface area contributed by atoms with Gasteiger partial charge in [-0.05, 0) is 25.3 Å². The van der Waals surface area contributed by atoms with Gasteiger partial charge in [-0.15, -0.1) is 0 Å². The molecule has 1 aliphatic rings. The number of anilines is 1. The number of hydrogen-bond donors (Lipinski definition) is 0. The van der Waals surface area contributed by atoms with E-state index in [2.05, 4.69) is 48.2 Å². The van der Waals surface area contributed by atoms with Gasteiger partial charge in [0.1, 0.15) is 0 Å². The summed E-state index contributed by atoms with van der Waals surface area (Å²) in [6.45, 7) is 4.58. The molecular formula is C16H15NOS. The zero-order chi connectivity index (χ0) is 13.4. The number of rotatable bonds is 2. The molecule has 1 aliphatic heterocycles. The molecule has 96 valence electrons. The van der Waals surface area contributed by atoms with E-state index in [4.69, 9.17) is 0 Å². The molecule has 0 saturated carbocycles. The summed E-state index contributed by atoms with van der Waals surface area (Å²) in [6.07, 6.45) is 1.73. The zero-order valence-electron chi connectivity index (χ0n) is 11.0. The molecule has 0 radical (unpaired) electrons. The maximum absolute atomic E-state index is 11.4. The third-order valence-electron chi connectivity index (χ3n) is 3.26. The normalized spacial score (nSPS) is 16.1. The lowest BCUT2D eigenvalue weighted by atomic mass is 10.1. The molecule has 3 heteroatoms. The molecule has 1 heterocycles. The number of thioether (sulfide) groups is 1. The smallest absolute Gasteiger partial charge is 0.155 e. The van der Waals surface area contributed by atoms with E-state index in [1.54, 1.807) is 24.8 Å². The van der Waals surface area contributed by atoms with Crippen LogP contribution in [-0.4, -0.2) is 12.3 Å². The number of carbonyl (C=O) groups excluding carboxylic acids is 1. The Kier molecular flexibility index (Phi) is 3.07. The minimum Gasteiger partial charge on any atom is -0.335 e. The van der Waals surface area contributed by atoms with Crippen LogP contribution >= 0.6 is 11.8 Å². The zero-order valence-corrected chi connectivity index (χ0v) is 11.8. The van der Waals surface area contributed by atoms with Crippen LogP contribution in [0.3, 0.4) is 0 Å². The van der Waals surface area contributed by atoms with Gasteiger partial charge in [-0.1, -0.05) is 42.1 Å². The third-order valence-corrected chi connectivity index (χ3v) is 4.35. The van der Waals surface area contributed by atoms with Crippen LogP contribution in [0.2, 0.25) is 0 Å². The van der Waals surface area contributed by atoms with E-state index in [-0.39, 0.29) is 5.78 Å². The first-order valence-electron chi connectivity index (χ1n) is 6.40. The Morgan fingerprint density at radius 3 is 2.79 bits per heavy atom. The average Bonchev–Trinajstić information content (AvgIpc) is 2.75. The minimum absolute atomic E-state index is 0.0954. The summed E-state index contributed by atoms with van der Waals surface area (Å²) < 4.78 is 0. The number of nitrogens with zero attached hydrogens (tertiary/aromatic N) is 1. The first-order valence-corrected chi connectivity index (χ1v) is 7.21. The van der Waals surface area contributed by atoms with Crippen LogP contribution < -0.4 is 4.90 Å². The molecule has 0 amide bonds. The molecule has 0 atom stereocenters. The van der Waals surface area contributed by atoms with Gasteiger partial charge in [0.15, 0.2) is 5.78 Å². The Morgan fingerprint density at radius 2 is 2.05 bits per heavy atom. The molecule has 2 nitrogen and oxygen atoms in total. The largest absolute Gasteiger partial charge is 0.335 e. The fourth-order valence-electron chi connectivity index (χ4n) is 2.47. The first kappa shape index (κ1) is 12.3. The van der Waals surface area contributed by atoms with Crippen molar-refractivity contribution in [2.75, 3.05) is 11.4 Å². The van der Waals surface area contributed by atoms with Gasteiger partial charge in [-0.3, -0.25) is 4.79 Å². The van der Waals surface area contributed by atoms with Crippen molar-refractivity contribution < 1.29 is 4.79 Å². The van der Waals surface area contributed by atoms with E-state index < -0.39 is 0 Å². The van der Waals surface area contributed by atoms with Gasteiger partial charge in [0.25, 0.3) is 0 Å². The van der Waals surface area contributed by atoms with Crippen LogP contribution in [0.5, 0.6) is 0 Å². The van der Waals surface area contributed by atoms with Gasteiger partial charge >= 0.3 is 0 Å². The molecule has 2 aromatic rings. The molecule has 0 aromatic heterocycles. The summed E-state index contributed by atoms with van der Waals surface area (Å²) in [5, 5.41) is 3.52. The molecule has 0 fully saturated rings. The van der Waals surface area contributed by atoms with Crippen LogP contribution in [0.25, 0.3) is 10.8 Å². The molecule has 0 unspecified atom stereocenters. The van der Waals surface area contributed by atoms with Crippen molar-refractivity contribution >= 4 is 34.0 Å². The molecule has 2 aromatic carbocycles. The van der Waals surface area contributed by atoms with Gasteiger partial charge in [-0.2, -0.15) is 0 Å². The summed E-state index contributed by atoms with van der Waals surface area (Å²) >= 11 is 1.68. The minimum atomic E-state index is 0.0954. The molecular weight excluding hydrogens is 254 g/mol. The Morgan fingerprint density at radius 1 is 1.26 bits per heavy atom. The second-order valence-corrected chi connectivity index (χ2v) is 5.64. The second kappa shape index (κ2) is 4.74. The van der Waals surface area contributed by atoms with E-state index in [9.17, 15) is 4.79 Å². The lowest BCUT2D eigenvalue weighted by Gasteiger charge is -2.19. The van der Waals surface area contributed by atoms with Crippen LogP contribution in [0.4, 0.5) is 5.69 Å². The lowest BCUT2D eigenvalue weighted by Crippen LogP contribution is -2.17. The predicted molar refractivity (Wildman–Crippen MR) is 81.6 cm³/mol. The fourth-order valence-corrected chi connectivity index (χ4v) is 3.70. The van der Waals surface area contributed by atoms with Crippen LogP contribution in [0.15, 0.2) is 52.4 Å². The predicted octanol–water partition coefficient (Wildman–Crippen LogP) is 4.20. The van der Waals surface area contributed by atoms with Crippen molar-refractivity contribution in [1.29, 1.82) is 0 Å². The summed E-state index contributed by atoms with van der Waals surface area (Å²) in [7, 11) is 0. The van der Waals surface area contributed by atoms with Crippen molar-refractivity contribution in [2.45, 2.75) is 18.7 Å². The van der Waals surface area contributed by atoms with E-state index >= 15 is 0 Å². The Hall–Kier alpha value is -1.74. The van der Waals surface area contributed by atoms with Crippen molar-refractivity contribution in [3.05, 3.63) is 47.5 Å². The van der Waals surface area contributed by atoms with E-state index in [0.717, 1.165) is 11.6 Å². The fraction of sp³-hybridized carbons (Fsp3) is 0.188. The van der Waals surface area contributed by atoms with Gasteiger partial charge in [0.05, 0.1) is 10.7 Å². The van der Waals surface area contributed by atoms with E-state index in [0.29, 0.717) is 0 Å². The number of hydrogen-bond acceptors (Lipinski definition) is 3. The molecule has 3 rings (SSSR count). The molecule has 19 heavy (non-hydrogen) atoms. The van der Waals surface area contributed by atoms with Crippen LogP contribution in [-0.2, 0) is 4.79 Å². The number of fused-ring (bicyclic) bond motifs is 3. The highest BCUT2D eigenvalue weighted by atomic mass is 32.2. The van der Waals surface area contributed by atoms with Gasteiger partial charge in [-0.25, -0.2) is 0 Å². The molecule has 0 bridgehead atoms. The lowest BCUT2D eigenvalue weighted by molar-refractivity contribution is -0.112. The SMILES string of the molecule is CCN1/C(=C/C(C)=O)Sc2ccc3ccccc3c21. The number of ketones is 1. The highest BCUT2D eigenvalue weighted by Crippen LogP contribution is 2.49. The molecule has 0 aliphatic carbocycles. The van der Waals surface area contributed by atoms with Crippen molar-refractivity contribution in [1.82, 2.24) is 0 Å². The number of benzene rings is 2. The highest BCUT2D eigenvalue weighted by molar-refractivity contribution is 8.03. The summed E-state index contributed by atoms with van der Waals surface area (Å²) in [6, 6.07) is 12.7.